The average molecular weight is 264 g/mol. The minimum absolute atomic E-state index is 0.196. The largest absolute Gasteiger partial charge is 0.467 e. The zero-order valence-corrected chi connectivity index (χ0v) is 11.5. The molecule has 1 rings (SSSR count). The standard InChI is InChI=1S/C14H20N2O3/c1-14(2,13(18)19-3)16-12(17)8-7-10-5-4-6-11(15)9-10/h4-6,9H,7-8,15H2,1-3H3,(H,16,17). The number of nitrogens with two attached hydrogens (primary N) is 1. The van der Waals surface area contributed by atoms with E-state index < -0.39 is 11.5 Å². The van der Waals surface area contributed by atoms with Crippen molar-refractivity contribution >= 4 is 17.6 Å². The third-order valence-corrected chi connectivity index (χ3v) is 2.74. The van der Waals surface area contributed by atoms with Gasteiger partial charge in [0, 0.05) is 12.1 Å². The number of carbonyl (C=O) groups is 2. The Balaban J connectivity index is 2.50. The van der Waals surface area contributed by atoms with Gasteiger partial charge in [-0.1, -0.05) is 12.1 Å². The molecule has 0 heterocycles. The molecule has 0 saturated heterocycles. The lowest BCUT2D eigenvalue weighted by molar-refractivity contribution is -0.149. The van der Waals surface area contributed by atoms with E-state index >= 15 is 0 Å². The molecule has 0 atom stereocenters. The van der Waals surface area contributed by atoms with Gasteiger partial charge in [-0.2, -0.15) is 0 Å². The molecule has 19 heavy (non-hydrogen) atoms. The second-order valence-electron chi connectivity index (χ2n) is 4.91. The molecule has 0 fully saturated rings. The average Bonchev–Trinajstić information content (AvgIpc) is 2.35. The summed E-state index contributed by atoms with van der Waals surface area (Å²) in [5, 5.41) is 2.65. The highest BCUT2D eigenvalue weighted by atomic mass is 16.5. The summed E-state index contributed by atoms with van der Waals surface area (Å²) in [5.41, 5.74) is 6.32. The van der Waals surface area contributed by atoms with Gasteiger partial charge in [0.15, 0.2) is 0 Å². The minimum atomic E-state index is -1.01. The molecule has 3 N–H and O–H groups in total. The van der Waals surface area contributed by atoms with E-state index in [-0.39, 0.29) is 5.91 Å². The fraction of sp³-hybridized carbons (Fsp3) is 0.429. The van der Waals surface area contributed by atoms with Crippen LogP contribution in [-0.4, -0.2) is 24.5 Å². The van der Waals surface area contributed by atoms with Crippen LogP contribution in [0.25, 0.3) is 0 Å². The Morgan fingerprint density at radius 2 is 2.05 bits per heavy atom. The van der Waals surface area contributed by atoms with Crippen LogP contribution in [0.3, 0.4) is 0 Å². The van der Waals surface area contributed by atoms with Gasteiger partial charge in [0.25, 0.3) is 0 Å². The highest BCUT2D eigenvalue weighted by Crippen LogP contribution is 2.10. The van der Waals surface area contributed by atoms with E-state index in [1.165, 1.54) is 7.11 Å². The van der Waals surface area contributed by atoms with Crippen molar-refractivity contribution in [1.82, 2.24) is 5.32 Å². The first kappa shape index (κ1) is 15.0. The fourth-order valence-corrected chi connectivity index (χ4v) is 1.72. The summed E-state index contributed by atoms with van der Waals surface area (Å²) in [6.07, 6.45) is 0.873. The molecule has 104 valence electrons. The van der Waals surface area contributed by atoms with Crippen LogP contribution in [0.1, 0.15) is 25.8 Å². The summed E-state index contributed by atoms with van der Waals surface area (Å²) in [7, 11) is 1.29. The van der Waals surface area contributed by atoms with Crippen molar-refractivity contribution in [2.45, 2.75) is 32.2 Å². The zero-order valence-electron chi connectivity index (χ0n) is 11.5. The number of esters is 1. The number of nitrogen functional groups attached to an aromatic ring is 1. The van der Waals surface area contributed by atoms with E-state index in [2.05, 4.69) is 10.1 Å². The van der Waals surface area contributed by atoms with Crippen LogP contribution >= 0.6 is 0 Å². The Labute approximate surface area is 113 Å². The Morgan fingerprint density at radius 1 is 1.37 bits per heavy atom. The zero-order chi connectivity index (χ0) is 14.5. The van der Waals surface area contributed by atoms with Gasteiger partial charge in [-0.15, -0.1) is 0 Å². The molecule has 0 bridgehead atoms. The monoisotopic (exact) mass is 264 g/mol. The molecule has 0 aromatic heterocycles. The highest BCUT2D eigenvalue weighted by molar-refractivity contribution is 5.87. The van der Waals surface area contributed by atoms with E-state index in [1.807, 2.05) is 18.2 Å². The molecule has 0 spiro atoms. The summed E-state index contributed by atoms with van der Waals surface area (Å²) in [6.45, 7) is 3.22. The molecule has 1 aromatic carbocycles. The Hall–Kier alpha value is -2.04. The third-order valence-electron chi connectivity index (χ3n) is 2.74. The van der Waals surface area contributed by atoms with Gasteiger partial charge < -0.3 is 15.8 Å². The van der Waals surface area contributed by atoms with Crippen LogP contribution in [0.5, 0.6) is 0 Å². The predicted octanol–water partition coefficient (Wildman–Crippen LogP) is 1.27. The van der Waals surface area contributed by atoms with Crippen LogP contribution in [0.2, 0.25) is 0 Å². The van der Waals surface area contributed by atoms with Crippen LogP contribution in [0, 0.1) is 0 Å². The lowest BCUT2D eigenvalue weighted by atomic mass is 10.0. The summed E-state index contributed by atoms with van der Waals surface area (Å²) in [4.78, 5) is 23.2. The predicted molar refractivity (Wildman–Crippen MR) is 73.4 cm³/mol. The van der Waals surface area contributed by atoms with Crippen molar-refractivity contribution in [2.75, 3.05) is 12.8 Å². The van der Waals surface area contributed by atoms with Crippen molar-refractivity contribution in [3.05, 3.63) is 29.8 Å². The fourth-order valence-electron chi connectivity index (χ4n) is 1.72. The topological polar surface area (TPSA) is 81.4 Å². The number of rotatable bonds is 5. The number of ether oxygens (including phenoxy) is 1. The maximum Gasteiger partial charge on any atom is 0.330 e. The molecule has 0 unspecified atom stereocenters. The Kier molecular flexibility index (Phi) is 4.92. The van der Waals surface area contributed by atoms with E-state index in [0.29, 0.717) is 18.5 Å². The van der Waals surface area contributed by atoms with Crippen molar-refractivity contribution in [3.63, 3.8) is 0 Å². The van der Waals surface area contributed by atoms with Gasteiger partial charge >= 0.3 is 5.97 Å². The number of benzene rings is 1. The van der Waals surface area contributed by atoms with E-state index in [4.69, 9.17) is 5.73 Å². The van der Waals surface area contributed by atoms with Crippen LogP contribution in [-0.2, 0) is 20.7 Å². The Bertz CT molecular complexity index is 470. The van der Waals surface area contributed by atoms with Crippen LogP contribution in [0.15, 0.2) is 24.3 Å². The molecule has 5 heteroatoms. The summed E-state index contributed by atoms with van der Waals surface area (Å²) < 4.78 is 4.62. The maximum absolute atomic E-state index is 11.8. The molecule has 0 aliphatic carbocycles. The Morgan fingerprint density at radius 3 is 2.63 bits per heavy atom. The number of nitrogens with one attached hydrogen (secondary N) is 1. The number of hydrogen-bond donors (Lipinski definition) is 2. The molecular weight excluding hydrogens is 244 g/mol. The molecular formula is C14H20N2O3. The number of anilines is 1. The quantitative estimate of drug-likeness (QED) is 0.620. The summed E-state index contributed by atoms with van der Waals surface area (Å²) >= 11 is 0. The molecule has 0 radical (unpaired) electrons. The number of aryl methyl sites for hydroxylation is 1. The van der Waals surface area contributed by atoms with Gasteiger partial charge in [0.05, 0.1) is 7.11 Å². The second kappa shape index (κ2) is 6.22. The molecule has 0 aliphatic heterocycles. The first-order valence-electron chi connectivity index (χ1n) is 6.09. The van der Waals surface area contributed by atoms with Gasteiger partial charge in [-0.25, -0.2) is 4.79 Å². The van der Waals surface area contributed by atoms with E-state index in [9.17, 15) is 9.59 Å². The first-order valence-corrected chi connectivity index (χ1v) is 6.09. The molecule has 0 saturated carbocycles. The molecule has 1 aromatic rings. The van der Waals surface area contributed by atoms with Crippen molar-refractivity contribution < 1.29 is 14.3 Å². The lowest BCUT2D eigenvalue weighted by Crippen LogP contribution is -2.50. The number of carbonyl (C=O) groups excluding carboxylic acids is 2. The third kappa shape index (κ3) is 4.62. The molecule has 0 aliphatic rings. The van der Waals surface area contributed by atoms with Crippen LogP contribution in [0.4, 0.5) is 5.69 Å². The van der Waals surface area contributed by atoms with Crippen molar-refractivity contribution in [2.24, 2.45) is 0 Å². The van der Waals surface area contributed by atoms with Crippen LogP contribution < -0.4 is 11.1 Å². The van der Waals surface area contributed by atoms with Gasteiger partial charge in [-0.05, 0) is 38.0 Å². The summed E-state index contributed by atoms with van der Waals surface area (Å²) in [5.74, 6) is -0.664. The molecule has 5 nitrogen and oxygen atoms in total. The van der Waals surface area contributed by atoms with Crippen molar-refractivity contribution in [3.8, 4) is 0 Å². The highest BCUT2D eigenvalue weighted by Gasteiger charge is 2.30. The summed E-state index contributed by atoms with van der Waals surface area (Å²) in [6, 6.07) is 7.39. The van der Waals surface area contributed by atoms with Gasteiger partial charge in [-0.3, -0.25) is 4.79 Å². The van der Waals surface area contributed by atoms with Crippen molar-refractivity contribution in [1.29, 1.82) is 0 Å². The minimum Gasteiger partial charge on any atom is -0.467 e. The molecule has 1 amide bonds. The first-order chi connectivity index (χ1) is 8.85. The van der Waals surface area contributed by atoms with Gasteiger partial charge in [0.2, 0.25) is 5.91 Å². The SMILES string of the molecule is COC(=O)C(C)(C)NC(=O)CCc1cccc(N)c1. The number of hydrogen-bond acceptors (Lipinski definition) is 4. The van der Waals surface area contributed by atoms with E-state index in [1.54, 1.807) is 19.9 Å². The normalized spacial score (nSPS) is 10.9. The van der Waals surface area contributed by atoms with E-state index in [0.717, 1.165) is 5.56 Å². The second-order valence-corrected chi connectivity index (χ2v) is 4.91. The smallest absolute Gasteiger partial charge is 0.330 e. The maximum atomic E-state index is 11.8. The van der Waals surface area contributed by atoms with Gasteiger partial charge in [0.1, 0.15) is 5.54 Å². The number of methoxy groups -OCH3 is 1. The number of amides is 1. The lowest BCUT2D eigenvalue weighted by Gasteiger charge is -2.23.